The predicted octanol–water partition coefficient (Wildman–Crippen LogP) is 1.38. The predicted molar refractivity (Wildman–Crippen MR) is 103 cm³/mol. The van der Waals surface area contributed by atoms with E-state index in [2.05, 4.69) is 0 Å². The fourth-order valence-electron chi connectivity index (χ4n) is 2.82. The van der Waals surface area contributed by atoms with Crippen LogP contribution in [0.15, 0.2) is 30.3 Å². The number of carboxylic acids is 1. The number of carboxylic acid groups (broad SMARTS) is 1. The molecule has 0 bridgehead atoms. The van der Waals surface area contributed by atoms with Crippen molar-refractivity contribution < 1.29 is 24.3 Å². The Labute approximate surface area is 162 Å². The van der Waals surface area contributed by atoms with Crippen LogP contribution in [-0.4, -0.2) is 76.7 Å². The maximum absolute atomic E-state index is 12.3. The third-order valence-corrected chi connectivity index (χ3v) is 5.47. The van der Waals surface area contributed by atoms with Crippen LogP contribution < -0.4 is 0 Å². The molecule has 0 atom stereocenters. The Hall–Kier alpha value is -2.35. The lowest BCUT2D eigenvalue weighted by atomic mass is 9.97. The molecule has 1 aliphatic rings. The summed E-state index contributed by atoms with van der Waals surface area (Å²) in [5.74, 6) is -1.31. The summed E-state index contributed by atoms with van der Waals surface area (Å²) in [7, 11) is 1.56. The van der Waals surface area contributed by atoms with Crippen molar-refractivity contribution in [3.63, 3.8) is 0 Å². The van der Waals surface area contributed by atoms with Crippen LogP contribution in [0.2, 0.25) is 0 Å². The minimum absolute atomic E-state index is 0.0339. The summed E-state index contributed by atoms with van der Waals surface area (Å²) < 4.78 is 0. The molecular formula is C19H24N2O5S. The number of rotatable bonds is 8. The summed E-state index contributed by atoms with van der Waals surface area (Å²) in [6, 6.07) is 8.90. The lowest BCUT2D eigenvalue weighted by molar-refractivity contribution is -0.146. The Morgan fingerprint density at radius 3 is 2.33 bits per heavy atom. The van der Waals surface area contributed by atoms with Gasteiger partial charge in [-0.25, -0.2) is 0 Å². The minimum Gasteiger partial charge on any atom is -0.481 e. The molecule has 8 heteroatoms. The van der Waals surface area contributed by atoms with Gasteiger partial charge in [-0.2, -0.15) is 0 Å². The molecule has 1 saturated heterocycles. The van der Waals surface area contributed by atoms with Gasteiger partial charge in [0.2, 0.25) is 11.8 Å². The van der Waals surface area contributed by atoms with Crippen LogP contribution in [0.25, 0.3) is 0 Å². The second-order valence-electron chi connectivity index (χ2n) is 6.53. The third-order valence-electron chi connectivity index (χ3n) is 4.55. The highest BCUT2D eigenvalue weighted by molar-refractivity contribution is 8.00. The molecule has 1 heterocycles. The zero-order valence-corrected chi connectivity index (χ0v) is 16.1. The van der Waals surface area contributed by atoms with E-state index in [1.165, 1.54) is 16.7 Å². The van der Waals surface area contributed by atoms with E-state index in [-0.39, 0.29) is 35.6 Å². The first-order chi connectivity index (χ1) is 12.9. The second-order valence-corrected chi connectivity index (χ2v) is 7.51. The van der Waals surface area contributed by atoms with Crippen molar-refractivity contribution in [3.05, 3.63) is 35.9 Å². The van der Waals surface area contributed by atoms with E-state index >= 15 is 0 Å². The highest BCUT2D eigenvalue weighted by Gasteiger charge is 2.27. The molecule has 0 saturated carbocycles. The first-order valence-corrected chi connectivity index (χ1v) is 9.94. The number of piperidine rings is 1. The van der Waals surface area contributed by atoms with Gasteiger partial charge in [0.25, 0.3) is 0 Å². The Bertz CT molecular complexity index is 687. The van der Waals surface area contributed by atoms with Gasteiger partial charge in [-0.15, -0.1) is 11.8 Å². The molecule has 0 unspecified atom stereocenters. The van der Waals surface area contributed by atoms with Crippen LogP contribution >= 0.6 is 11.8 Å². The first kappa shape index (κ1) is 21.0. The molecule has 2 amide bonds. The van der Waals surface area contributed by atoms with Crippen molar-refractivity contribution in [3.8, 4) is 0 Å². The molecule has 27 heavy (non-hydrogen) atoms. The number of aliphatic carboxylic acids is 1. The SMILES string of the molecule is CN(CC(=O)N1CCC(C(=O)O)CC1)C(=O)CSCC(=O)c1ccccc1. The number of carbonyl (C=O) groups excluding carboxylic acids is 3. The quantitative estimate of drug-likeness (QED) is 0.672. The van der Waals surface area contributed by atoms with Crippen LogP contribution in [0, 0.1) is 5.92 Å². The summed E-state index contributed by atoms with van der Waals surface area (Å²) >= 11 is 1.23. The maximum Gasteiger partial charge on any atom is 0.306 e. The van der Waals surface area contributed by atoms with Crippen molar-refractivity contribution in [1.29, 1.82) is 0 Å². The molecule has 0 aliphatic carbocycles. The average Bonchev–Trinajstić information content (AvgIpc) is 2.68. The summed E-state index contributed by atoms with van der Waals surface area (Å²) in [4.78, 5) is 50.4. The van der Waals surface area contributed by atoms with Gasteiger partial charge in [0, 0.05) is 25.7 Å². The number of likely N-dealkylation sites (tertiary alicyclic amines) is 1. The molecule has 0 aromatic heterocycles. The highest BCUT2D eigenvalue weighted by Crippen LogP contribution is 2.17. The van der Waals surface area contributed by atoms with Crippen molar-refractivity contribution in [2.75, 3.05) is 38.2 Å². The number of benzene rings is 1. The summed E-state index contributed by atoms with van der Waals surface area (Å²) in [6.45, 7) is 0.764. The Morgan fingerprint density at radius 1 is 1.11 bits per heavy atom. The fraction of sp³-hybridized carbons (Fsp3) is 0.474. The van der Waals surface area contributed by atoms with E-state index in [0.717, 1.165) is 0 Å². The molecule has 1 aromatic carbocycles. The molecule has 7 nitrogen and oxygen atoms in total. The van der Waals surface area contributed by atoms with Gasteiger partial charge in [-0.05, 0) is 12.8 Å². The standard InChI is InChI=1S/C19H24N2O5S/c1-20(11-17(23)21-9-7-15(8-10-21)19(25)26)18(24)13-27-12-16(22)14-5-3-2-4-6-14/h2-6,15H,7-13H2,1H3,(H,25,26). The minimum atomic E-state index is -0.823. The number of hydrogen-bond acceptors (Lipinski definition) is 5. The van der Waals surface area contributed by atoms with Gasteiger partial charge in [0.05, 0.1) is 24.0 Å². The zero-order valence-electron chi connectivity index (χ0n) is 15.3. The summed E-state index contributed by atoms with van der Waals surface area (Å²) in [5.41, 5.74) is 0.616. The van der Waals surface area contributed by atoms with Gasteiger partial charge in [0.1, 0.15) is 0 Å². The number of likely N-dealkylation sites (N-methyl/N-ethyl adjacent to an activating group) is 1. The number of thioether (sulfide) groups is 1. The van der Waals surface area contributed by atoms with Crippen molar-refractivity contribution in [2.45, 2.75) is 12.8 Å². The molecule has 1 aromatic rings. The molecule has 1 fully saturated rings. The lowest BCUT2D eigenvalue weighted by Crippen LogP contribution is -2.45. The monoisotopic (exact) mass is 392 g/mol. The first-order valence-electron chi connectivity index (χ1n) is 8.79. The van der Waals surface area contributed by atoms with E-state index in [1.54, 1.807) is 36.2 Å². The molecule has 2 rings (SSSR count). The van der Waals surface area contributed by atoms with Gasteiger partial charge < -0.3 is 14.9 Å². The highest BCUT2D eigenvalue weighted by atomic mass is 32.2. The summed E-state index contributed by atoms with van der Waals surface area (Å²) in [5, 5.41) is 8.99. The van der Waals surface area contributed by atoms with Crippen LogP contribution in [0.4, 0.5) is 0 Å². The van der Waals surface area contributed by atoms with Crippen molar-refractivity contribution in [1.82, 2.24) is 9.80 Å². The fourth-order valence-corrected chi connectivity index (χ4v) is 3.66. The number of ketones is 1. The Balaban J connectivity index is 1.70. The van der Waals surface area contributed by atoms with Crippen molar-refractivity contribution >= 4 is 35.3 Å². The van der Waals surface area contributed by atoms with Crippen molar-refractivity contribution in [2.24, 2.45) is 5.92 Å². The third kappa shape index (κ3) is 6.39. The second kappa shape index (κ2) is 10.1. The van der Waals surface area contributed by atoms with E-state index in [4.69, 9.17) is 5.11 Å². The normalized spacial score (nSPS) is 14.6. The van der Waals surface area contributed by atoms with E-state index < -0.39 is 11.9 Å². The zero-order chi connectivity index (χ0) is 19.8. The van der Waals surface area contributed by atoms with Crippen LogP contribution in [0.3, 0.4) is 0 Å². The Kier molecular flexibility index (Phi) is 7.84. The largest absolute Gasteiger partial charge is 0.481 e. The number of hydrogen-bond donors (Lipinski definition) is 1. The van der Waals surface area contributed by atoms with Gasteiger partial charge >= 0.3 is 5.97 Å². The van der Waals surface area contributed by atoms with E-state index in [9.17, 15) is 19.2 Å². The molecule has 0 radical (unpaired) electrons. The van der Waals surface area contributed by atoms with Crippen LogP contribution in [-0.2, 0) is 14.4 Å². The number of carbonyl (C=O) groups is 4. The molecule has 0 spiro atoms. The molecule has 1 aliphatic heterocycles. The summed E-state index contributed by atoms with van der Waals surface area (Å²) in [6.07, 6.45) is 0.881. The van der Waals surface area contributed by atoms with Crippen LogP contribution in [0.5, 0.6) is 0 Å². The number of Topliss-reactive ketones (excluding diaryl/α,β-unsaturated/α-hetero) is 1. The van der Waals surface area contributed by atoms with Crippen LogP contribution in [0.1, 0.15) is 23.2 Å². The van der Waals surface area contributed by atoms with E-state index in [0.29, 0.717) is 31.5 Å². The van der Waals surface area contributed by atoms with E-state index in [1.807, 2.05) is 6.07 Å². The lowest BCUT2D eigenvalue weighted by Gasteiger charge is -2.31. The number of nitrogens with zero attached hydrogens (tertiary/aromatic N) is 2. The van der Waals surface area contributed by atoms with Gasteiger partial charge in [-0.1, -0.05) is 30.3 Å². The molecule has 146 valence electrons. The molecular weight excluding hydrogens is 368 g/mol. The maximum atomic E-state index is 12.3. The topological polar surface area (TPSA) is 95.0 Å². The Morgan fingerprint density at radius 2 is 1.74 bits per heavy atom. The molecule has 1 N–H and O–H groups in total. The van der Waals surface area contributed by atoms with Gasteiger partial charge in [-0.3, -0.25) is 19.2 Å². The number of amides is 2. The smallest absolute Gasteiger partial charge is 0.306 e. The van der Waals surface area contributed by atoms with Gasteiger partial charge in [0.15, 0.2) is 5.78 Å². The average molecular weight is 392 g/mol.